The molecule has 1 amide bonds. The van der Waals surface area contributed by atoms with Crippen molar-refractivity contribution in [3.8, 4) is 0 Å². The summed E-state index contributed by atoms with van der Waals surface area (Å²) in [5.74, 6) is 2.00. The van der Waals surface area contributed by atoms with Crippen LogP contribution >= 0.6 is 0 Å². The quantitative estimate of drug-likeness (QED) is 0.863. The van der Waals surface area contributed by atoms with Gasteiger partial charge in [-0.3, -0.25) is 4.79 Å². The van der Waals surface area contributed by atoms with Crippen LogP contribution in [0.5, 0.6) is 0 Å². The maximum absolute atomic E-state index is 12.4. The van der Waals surface area contributed by atoms with Crippen molar-refractivity contribution in [2.45, 2.75) is 26.7 Å². The number of amides is 1. The third-order valence-electron chi connectivity index (χ3n) is 4.38. The second-order valence-electron chi connectivity index (χ2n) is 5.86. The Hall–Kier alpha value is -2.37. The molecule has 6 nitrogen and oxygen atoms in total. The summed E-state index contributed by atoms with van der Waals surface area (Å²) >= 11 is 0. The van der Waals surface area contributed by atoms with Crippen molar-refractivity contribution in [2.24, 2.45) is 0 Å². The van der Waals surface area contributed by atoms with Crippen molar-refractivity contribution < 1.29 is 9.32 Å². The first-order valence-electron chi connectivity index (χ1n) is 8.00. The summed E-state index contributed by atoms with van der Waals surface area (Å²) in [7, 11) is 0. The van der Waals surface area contributed by atoms with Crippen LogP contribution in [-0.2, 0) is 11.2 Å². The first-order chi connectivity index (χ1) is 11.1. The molecule has 23 heavy (non-hydrogen) atoms. The second-order valence-corrected chi connectivity index (χ2v) is 5.86. The summed E-state index contributed by atoms with van der Waals surface area (Å²) in [5, 5.41) is 3.94. The summed E-state index contributed by atoms with van der Waals surface area (Å²) in [6.45, 7) is 6.96. The van der Waals surface area contributed by atoms with Crippen LogP contribution in [0.15, 0.2) is 28.9 Å². The predicted molar refractivity (Wildman–Crippen MR) is 87.3 cm³/mol. The average Bonchev–Trinajstić information content (AvgIpc) is 2.92. The summed E-state index contributed by atoms with van der Waals surface area (Å²) in [4.78, 5) is 20.9. The normalized spacial score (nSPS) is 15.0. The number of piperazine rings is 1. The third kappa shape index (κ3) is 3.52. The Bertz CT molecular complexity index is 641. The topological polar surface area (TPSA) is 62.5 Å². The molecule has 3 heterocycles. The Balaban J connectivity index is 1.50. The standard InChI is InChI=1S/C17H22N4O2/c1-13-15(14(2)23-19-13)6-7-17(22)21-11-9-20(10-12-21)16-5-3-4-8-18-16/h3-5,8H,6-7,9-12H2,1-2H3. The van der Waals surface area contributed by atoms with E-state index in [1.54, 1.807) is 6.20 Å². The molecule has 0 aromatic carbocycles. The minimum Gasteiger partial charge on any atom is -0.361 e. The molecule has 0 saturated carbocycles. The number of pyridine rings is 1. The van der Waals surface area contributed by atoms with Gasteiger partial charge in [0.2, 0.25) is 5.91 Å². The van der Waals surface area contributed by atoms with Crippen LogP contribution in [0.2, 0.25) is 0 Å². The van der Waals surface area contributed by atoms with E-state index in [0.29, 0.717) is 12.8 Å². The Kier molecular flexibility index (Phi) is 4.60. The maximum atomic E-state index is 12.4. The summed E-state index contributed by atoms with van der Waals surface area (Å²) in [5.41, 5.74) is 1.95. The smallest absolute Gasteiger partial charge is 0.223 e. The van der Waals surface area contributed by atoms with Gasteiger partial charge in [0, 0.05) is 44.4 Å². The molecule has 0 radical (unpaired) electrons. The molecule has 0 N–H and O–H groups in total. The lowest BCUT2D eigenvalue weighted by atomic mass is 10.1. The van der Waals surface area contributed by atoms with Crippen molar-refractivity contribution in [1.82, 2.24) is 15.0 Å². The number of carbonyl (C=O) groups excluding carboxylic acids is 1. The minimum atomic E-state index is 0.200. The van der Waals surface area contributed by atoms with Crippen molar-refractivity contribution in [1.29, 1.82) is 0 Å². The van der Waals surface area contributed by atoms with E-state index in [0.717, 1.165) is 49.0 Å². The fourth-order valence-corrected chi connectivity index (χ4v) is 2.97. The van der Waals surface area contributed by atoms with Gasteiger partial charge in [0.05, 0.1) is 5.69 Å². The number of carbonyl (C=O) groups is 1. The van der Waals surface area contributed by atoms with Gasteiger partial charge in [0.25, 0.3) is 0 Å². The number of nitrogens with zero attached hydrogens (tertiary/aromatic N) is 4. The van der Waals surface area contributed by atoms with Crippen molar-refractivity contribution >= 4 is 11.7 Å². The molecule has 1 saturated heterocycles. The van der Waals surface area contributed by atoms with E-state index in [-0.39, 0.29) is 5.91 Å². The molecule has 2 aromatic rings. The molecule has 0 aliphatic carbocycles. The van der Waals surface area contributed by atoms with Gasteiger partial charge in [-0.1, -0.05) is 11.2 Å². The zero-order valence-electron chi connectivity index (χ0n) is 13.7. The van der Waals surface area contributed by atoms with Gasteiger partial charge < -0.3 is 14.3 Å². The van der Waals surface area contributed by atoms with Crippen molar-refractivity contribution in [2.75, 3.05) is 31.1 Å². The van der Waals surface area contributed by atoms with Crippen LogP contribution in [0, 0.1) is 13.8 Å². The lowest BCUT2D eigenvalue weighted by Crippen LogP contribution is -2.49. The number of hydrogen-bond acceptors (Lipinski definition) is 5. The molecule has 6 heteroatoms. The molecule has 0 spiro atoms. The van der Waals surface area contributed by atoms with Crippen LogP contribution < -0.4 is 4.90 Å². The van der Waals surface area contributed by atoms with Gasteiger partial charge >= 0.3 is 0 Å². The van der Waals surface area contributed by atoms with Crippen LogP contribution in [0.1, 0.15) is 23.4 Å². The average molecular weight is 314 g/mol. The highest BCUT2D eigenvalue weighted by molar-refractivity contribution is 5.76. The monoisotopic (exact) mass is 314 g/mol. The Labute approximate surface area is 136 Å². The SMILES string of the molecule is Cc1noc(C)c1CCC(=O)N1CCN(c2ccccn2)CC1. The predicted octanol–water partition coefficient (Wildman–Crippen LogP) is 1.97. The van der Waals surface area contributed by atoms with E-state index in [2.05, 4.69) is 15.0 Å². The Morgan fingerprint density at radius 1 is 1.22 bits per heavy atom. The molecular formula is C17H22N4O2. The highest BCUT2D eigenvalue weighted by Crippen LogP contribution is 2.16. The minimum absolute atomic E-state index is 0.200. The molecule has 1 fully saturated rings. The molecule has 0 bridgehead atoms. The number of rotatable bonds is 4. The van der Waals surface area contributed by atoms with Gasteiger partial charge in [-0.25, -0.2) is 4.98 Å². The first kappa shape index (κ1) is 15.5. The number of aromatic nitrogens is 2. The fraction of sp³-hybridized carbons (Fsp3) is 0.471. The second kappa shape index (κ2) is 6.81. The Morgan fingerprint density at radius 2 is 2.00 bits per heavy atom. The van der Waals surface area contributed by atoms with E-state index in [1.165, 1.54) is 0 Å². The van der Waals surface area contributed by atoms with Crippen LogP contribution in [0.4, 0.5) is 5.82 Å². The van der Waals surface area contributed by atoms with Gasteiger partial charge in [-0.15, -0.1) is 0 Å². The third-order valence-corrected chi connectivity index (χ3v) is 4.38. The van der Waals surface area contributed by atoms with Gasteiger partial charge in [0.1, 0.15) is 11.6 Å². The number of aryl methyl sites for hydroxylation is 2. The molecule has 0 atom stereocenters. The molecular weight excluding hydrogens is 292 g/mol. The maximum Gasteiger partial charge on any atom is 0.223 e. The largest absolute Gasteiger partial charge is 0.361 e. The van der Waals surface area contributed by atoms with Gasteiger partial charge in [-0.05, 0) is 32.4 Å². The van der Waals surface area contributed by atoms with E-state index in [9.17, 15) is 4.79 Å². The van der Waals surface area contributed by atoms with Crippen molar-refractivity contribution in [3.05, 3.63) is 41.4 Å². The Morgan fingerprint density at radius 3 is 2.61 bits per heavy atom. The van der Waals surface area contributed by atoms with Crippen molar-refractivity contribution in [3.63, 3.8) is 0 Å². The molecule has 3 rings (SSSR count). The molecule has 0 unspecified atom stereocenters. The first-order valence-corrected chi connectivity index (χ1v) is 8.00. The molecule has 122 valence electrons. The fourth-order valence-electron chi connectivity index (χ4n) is 2.97. The van der Waals surface area contributed by atoms with Crippen LogP contribution in [0.3, 0.4) is 0 Å². The summed E-state index contributed by atoms with van der Waals surface area (Å²) in [6, 6.07) is 5.91. The zero-order chi connectivity index (χ0) is 16.2. The lowest BCUT2D eigenvalue weighted by molar-refractivity contribution is -0.131. The molecule has 1 aliphatic heterocycles. The van der Waals surface area contributed by atoms with E-state index >= 15 is 0 Å². The van der Waals surface area contributed by atoms with Crippen LogP contribution in [0.25, 0.3) is 0 Å². The van der Waals surface area contributed by atoms with E-state index in [1.807, 2.05) is 36.9 Å². The number of anilines is 1. The number of hydrogen-bond donors (Lipinski definition) is 0. The molecule has 1 aliphatic rings. The summed E-state index contributed by atoms with van der Waals surface area (Å²) in [6.07, 6.45) is 3.00. The highest BCUT2D eigenvalue weighted by Gasteiger charge is 2.22. The zero-order valence-corrected chi connectivity index (χ0v) is 13.7. The van der Waals surface area contributed by atoms with E-state index in [4.69, 9.17) is 4.52 Å². The van der Waals surface area contributed by atoms with Gasteiger partial charge in [0.15, 0.2) is 0 Å². The summed E-state index contributed by atoms with van der Waals surface area (Å²) < 4.78 is 5.15. The van der Waals surface area contributed by atoms with Crippen LogP contribution in [-0.4, -0.2) is 47.1 Å². The molecule has 2 aromatic heterocycles. The van der Waals surface area contributed by atoms with Gasteiger partial charge in [-0.2, -0.15) is 0 Å². The van der Waals surface area contributed by atoms with E-state index < -0.39 is 0 Å². The lowest BCUT2D eigenvalue weighted by Gasteiger charge is -2.35. The highest BCUT2D eigenvalue weighted by atomic mass is 16.5.